The van der Waals surface area contributed by atoms with E-state index in [4.69, 9.17) is 8.18 Å². The summed E-state index contributed by atoms with van der Waals surface area (Å²) in [4.78, 5) is 0. The van der Waals surface area contributed by atoms with E-state index in [0.29, 0.717) is 4.12 Å². The summed E-state index contributed by atoms with van der Waals surface area (Å²) in [5, 5.41) is 0. The fourth-order valence-electron chi connectivity index (χ4n) is 0.843. The van der Waals surface area contributed by atoms with Crippen molar-refractivity contribution in [1.29, 1.82) is 0 Å². The molecule has 1 aliphatic rings. The molecule has 0 aliphatic carbocycles. The Morgan fingerprint density at radius 2 is 2.38 bits per heavy atom. The van der Waals surface area contributed by atoms with Gasteiger partial charge in [-0.15, -0.1) is 0 Å². The first-order chi connectivity index (χ1) is 3.93. The molecule has 1 unspecified atom stereocenters. The van der Waals surface area contributed by atoms with Crippen LogP contribution in [0, 0.1) is 0 Å². The van der Waals surface area contributed by atoms with Crippen LogP contribution >= 0.6 is 0 Å². The van der Waals surface area contributed by atoms with E-state index < -0.39 is 21.6 Å². The second-order valence-corrected chi connectivity index (χ2v) is 4.56. The van der Waals surface area contributed by atoms with Crippen molar-refractivity contribution < 1.29 is 8.18 Å². The van der Waals surface area contributed by atoms with Crippen LogP contribution in [0.25, 0.3) is 0 Å². The number of hydrogen-bond donors (Lipinski definition) is 1. The molecule has 0 bridgehead atoms. The summed E-state index contributed by atoms with van der Waals surface area (Å²) < 4.78 is 14.3. The second-order valence-electron chi connectivity index (χ2n) is 1.98. The monoisotopic (exact) mass is 222 g/mol. The van der Waals surface area contributed by atoms with E-state index in [1.807, 2.05) is 0 Å². The van der Waals surface area contributed by atoms with Crippen LogP contribution in [0.5, 0.6) is 0 Å². The molecule has 8 heavy (non-hydrogen) atoms. The van der Waals surface area contributed by atoms with Crippen molar-refractivity contribution in [3.63, 3.8) is 0 Å². The van der Waals surface area contributed by atoms with E-state index >= 15 is 0 Å². The normalized spacial score (nSPS) is 30.4. The molecule has 2 radical (unpaired) electrons. The number of hydrogen-bond acceptors (Lipinski definition) is 2. The van der Waals surface area contributed by atoms with E-state index in [0.717, 1.165) is 13.0 Å². The molecule has 46 valence electrons. The van der Waals surface area contributed by atoms with E-state index in [-0.39, 0.29) is 0 Å². The zero-order valence-electron chi connectivity index (χ0n) is 4.76. The third-order valence-corrected chi connectivity index (χ3v) is 3.45. The molecule has 1 saturated heterocycles. The third-order valence-electron chi connectivity index (χ3n) is 1.32. The fourth-order valence-corrected chi connectivity index (χ4v) is 2.34. The van der Waals surface area contributed by atoms with E-state index in [1.54, 1.807) is 0 Å². The summed E-state index contributed by atoms with van der Waals surface area (Å²) in [7, 11) is 0. The van der Waals surface area contributed by atoms with E-state index in [1.165, 1.54) is 12.8 Å². The predicted octanol–water partition coefficient (Wildman–Crippen LogP) is 0.125. The minimum atomic E-state index is -1.09. The van der Waals surface area contributed by atoms with Crippen LogP contribution in [0.2, 0.25) is 0 Å². The van der Waals surface area contributed by atoms with Crippen molar-refractivity contribution >= 4 is 21.6 Å². The Morgan fingerprint density at radius 3 is 2.75 bits per heavy atom. The maximum atomic E-state index is 8.74. The second kappa shape index (κ2) is 3.69. The van der Waals surface area contributed by atoms with Gasteiger partial charge in [-0.05, 0) is 0 Å². The predicted molar refractivity (Wildman–Crippen MR) is 31.6 cm³/mol. The first-order valence-corrected chi connectivity index (χ1v) is 5.87. The Kier molecular flexibility index (Phi) is 3.15. The standard InChI is InChI=1S/C5H9O.H2O.Sn/c1-2-4-6-5-3-1;;/h4H,1-3,5H2;1H2;/q;;+1/p-1. The van der Waals surface area contributed by atoms with Crippen molar-refractivity contribution in [2.75, 3.05) is 6.61 Å². The average molecular weight is 221 g/mol. The van der Waals surface area contributed by atoms with Crippen LogP contribution in [0.4, 0.5) is 0 Å². The van der Waals surface area contributed by atoms with Gasteiger partial charge in [0.05, 0.1) is 0 Å². The van der Waals surface area contributed by atoms with Crippen molar-refractivity contribution in [2.45, 2.75) is 23.4 Å². The molecular weight excluding hydrogens is 211 g/mol. The maximum absolute atomic E-state index is 8.74. The van der Waals surface area contributed by atoms with Gasteiger partial charge in [-0.25, -0.2) is 0 Å². The molecule has 0 aromatic heterocycles. The fraction of sp³-hybridized carbons (Fsp3) is 1.00. The number of ether oxygens (including phenoxy) is 1. The van der Waals surface area contributed by atoms with Gasteiger partial charge in [0, 0.05) is 0 Å². The van der Waals surface area contributed by atoms with Gasteiger partial charge in [-0.1, -0.05) is 0 Å². The molecular formula is C5H10O2Sn. The molecule has 1 atom stereocenters. The summed E-state index contributed by atoms with van der Waals surface area (Å²) in [6.45, 7) is 0.881. The molecule has 1 aliphatic heterocycles. The summed E-state index contributed by atoms with van der Waals surface area (Å²) in [6, 6.07) is 0. The van der Waals surface area contributed by atoms with Gasteiger partial charge in [-0.2, -0.15) is 0 Å². The van der Waals surface area contributed by atoms with Gasteiger partial charge >= 0.3 is 59.7 Å². The van der Waals surface area contributed by atoms with Crippen molar-refractivity contribution in [1.82, 2.24) is 0 Å². The first kappa shape index (κ1) is 6.83. The van der Waals surface area contributed by atoms with Crippen LogP contribution in [-0.4, -0.2) is 35.7 Å². The van der Waals surface area contributed by atoms with Crippen molar-refractivity contribution in [3.8, 4) is 0 Å². The van der Waals surface area contributed by atoms with Gasteiger partial charge in [0.1, 0.15) is 0 Å². The van der Waals surface area contributed by atoms with Crippen LogP contribution in [-0.2, 0) is 4.74 Å². The van der Waals surface area contributed by atoms with Gasteiger partial charge in [0.15, 0.2) is 0 Å². The van der Waals surface area contributed by atoms with Gasteiger partial charge < -0.3 is 0 Å². The molecule has 0 saturated carbocycles. The summed E-state index contributed by atoms with van der Waals surface area (Å²) >= 11 is -1.09. The SMILES string of the molecule is [OH][Sn][CH]1CCCCO1. The number of rotatable bonds is 1. The Morgan fingerprint density at radius 1 is 1.50 bits per heavy atom. The molecule has 1 fully saturated rings. The Bertz CT molecular complexity index is 61.4. The third kappa shape index (κ3) is 1.91. The minimum absolute atomic E-state index is 0.312. The molecule has 1 N–H and O–H groups in total. The average Bonchev–Trinajstić information content (AvgIpc) is 1.90. The zero-order chi connectivity index (χ0) is 5.82. The molecule has 0 amide bonds. The summed E-state index contributed by atoms with van der Waals surface area (Å²) in [6.07, 6.45) is 3.56. The van der Waals surface area contributed by atoms with Crippen LogP contribution in [0.3, 0.4) is 0 Å². The zero-order valence-corrected chi connectivity index (χ0v) is 7.62. The summed E-state index contributed by atoms with van der Waals surface area (Å²) in [5.74, 6) is 0. The van der Waals surface area contributed by atoms with Crippen molar-refractivity contribution in [2.24, 2.45) is 0 Å². The van der Waals surface area contributed by atoms with Crippen LogP contribution < -0.4 is 0 Å². The van der Waals surface area contributed by atoms with Crippen molar-refractivity contribution in [3.05, 3.63) is 0 Å². The molecule has 1 rings (SSSR count). The van der Waals surface area contributed by atoms with Gasteiger partial charge in [0.25, 0.3) is 0 Å². The molecule has 0 aromatic carbocycles. The Balaban J connectivity index is 2.13. The molecule has 3 heteroatoms. The summed E-state index contributed by atoms with van der Waals surface area (Å²) in [5.41, 5.74) is 0. The Hall–Kier alpha value is 0.719. The first-order valence-electron chi connectivity index (χ1n) is 2.94. The van der Waals surface area contributed by atoms with Gasteiger partial charge in [-0.3, -0.25) is 0 Å². The molecule has 1 heterocycles. The van der Waals surface area contributed by atoms with E-state index in [9.17, 15) is 0 Å². The van der Waals surface area contributed by atoms with Gasteiger partial charge in [0.2, 0.25) is 0 Å². The Labute approximate surface area is 60.0 Å². The topological polar surface area (TPSA) is 29.5 Å². The molecule has 2 nitrogen and oxygen atoms in total. The van der Waals surface area contributed by atoms with E-state index in [2.05, 4.69) is 0 Å². The molecule has 0 aromatic rings. The van der Waals surface area contributed by atoms with Crippen LogP contribution in [0.15, 0.2) is 0 Å². The molecule has 0 spiro atoms. The van der Waals surface area contributed by atoms with Crippen LogP contribution in [0.1, 0.15) is 19.3 Å². The quantitative estimate of drug-likeness (QED) is 0.637.